The van der Waals surface area contributed by atoms with Crippen LogP contribution in [0, 0.1) is 13.8 Å². The number of nitrogens with two attached hydrogens (primary N) is 1. The van der Waals surface area contributed by atoms with Gasteiger partial charge in [-0.2, -0.15) is 0 Å². The van der Waals surface area contributed by atoms with Gasteiger partial charge in [-0.25, -0.2) is 0 Å². The van der Waals surface area contributed by atoms with Crippen molar-refractivity contribution in [3.8, 4) is 5.75 Å². The molecular formula is C19H23NO. The van der Waals surface area contributed by atoms with E-state index in [0.29, 0.717) is 6.61 Å². The largest absolute Gasteiger partial charge is 0.489 e. The highest BCUT2D eigenvalue weighted by atomic mass is 16.5. The molecule has 0 spiro atoms. The molecule has 0 fully saturated rings. The highest BCUT2D eigenvalue weighted by Gasteiger charge is 2.17. The maximum Gasteiger partial charge on any atom is 0.120 e. The van der Waals surface area contributed by atoms with Crippen molar-refractivity contribution in [3.05, 3.63) is 64.2 Å². The summed E-state index contributed by atoms with van der Waals surface area (Å²) in [5.41, 5.74) is 12.6. The highest BCUT2D eigenvalue weighted by Crippen LogP contribution is 2.31. The molecule has 0 aromatic heterocycles. The summed E-state index contributed by atoms with van der Waals surface area (Å²) in [6, 6.07) is 13.0. The van der Waals surface area contributed by atoms with Crippen LogP contribution in [0.3, 0.4) is 0 Å². The minimum atomic E-state index is 0.165. The lowest BCUT2D eigenvalue weighted by Crippen LogP contribution is -2.17. The Labute approximate surface area is 126 Å². The van der Waals surface area contributed by atoms with Crippen LogP contribution in [0.2, 0.25) is 0 Å². The maximum absolute atomic E-state index is 6.21. The molecule has 0 radical (unpaired) electrons. The zero-order valence-corrected chi connectivity index (χ0v) is 12.9. The number of fused-ring (bicyclic) bond motifs is 1. The molecule has 110 valence electrons. The van der Waals surface area contributed by atoms with E-state index in [1.165, 1.54) is 34.2 Å². The zero-order valence-electron chi connectivity index (χ0n) is 12.9. The molecule has 0 saturated carbocycles. The van der Waals surface area contributed by atoms with Crippen LogP contribution in [0.15, 0.2) is 36.4 Å². The van der Waals surface area contributed by atoms with Gasteiger partial charge in [-0.15, -0.1) is 0 Å². The minimum Gasteiger partial charge on any atom is -0.489 e. The lowest BCUT2D eigenvalue weighted by atomic mass is 9.88. The summed E-state index contributed by atoms with van der Waals surface area (Å²) in [4.78, 5) is 0. The van der Waals surface area contributed by atoms with Crippen LogP contribution in [0.5, 0.6) is 5.75 Å². The zero-order chi connectivity index (χ0) is 14.8. The lowest BCUT2D eigenvalue weighted by molar-refractivity contribution is 0.304. The molecule has 0 aliphatic heterocycles. The molecule has 1 atom stereocenters. The Hall–Kier alpha value is -1.80. The third-order valence-corrected chi connectivity index (χ3v) is 4.38. The van der Waals surface area contributed by atoms with Crippen LogP contribution in [-0.4, -0.2) is 0 Å². The molecule has 1 aliphatic carbocycles. The predicted octanol–water partition coefficient (Wildman–Crippen LogP) is 4.22. The number of hydrogen-bond acceptors (Lipinski definition) is 2. The summed E-state index contributed by atoms with van der Waals surface area (Å²) in [5, 5.41) is 0. The molecule has 0 saturated heterocycles. The van der Waals surface area contributed by atoms with Crippen LogP contribution < -0.4 is 10.5 Å². The quantitative estimate of drug-likeness (QED) is 0.914. The van der Waals surface area contributed by atoms with Gasteiger partial charge in [-0.1, -0.05) is 29.8 Å². The Morgan fingerprint density at radius 2 is 2.00 bits per heavy atom. The highest BCUT2D eigenvalue weighted by molar-refractivity contribution is 5.39. The molecule has 2 heteroatoms. The second kappa shape index (κ2) is 5.90. The van der Waals surface area contributed by atoms with Crippen LogP contribution in [0.4, 0.5) is 0 Å². The van der Waals surface area contributed by atoms with Crippen LogP contribution in [0.25, 0.3) is 0 Å². The summed E-state index contributed by atoms with van der Waals surface area (Å²) in [6.07, 6.45) is 3.41. The van der Waals surface area contributed by atoms with Gasteiger partial charge >= 0.3 is 0 Å². The molecular weight excluding hydrogens is 258 g/mol. The van der Waals surface area contributed by atoms with E-state index in [1.807, 2.05) is 0 Å². The van der Waals surface area contributed by atoms with Gasteiger partial charge in [-0.05, 0) is 67.5 Å². The average Bonchev–Trinajstić information content (AvgIpc) is 2.49. The van der Waals surface area contributed by atoms with E-state index in [-0.39, 0.29) is 6.04 Å². The molecule has 1 aliphatic rings. The van der Waals surface area contributed by atoms with Crippen LogP contribution in [0.1, 0.15) is 46.7 Å². The first-order valence-corrected chi connectivity index (χ1v) is 7.71. The monoisotopic (exact) mass is 281 g/mol. The standard InChI is InChI=1S/C19H23NO/c1-13-6-7-14(2)16(10-13)12-21-17-9-8-15-4-3-5-19(20)18(15)11-17/h6-11,19H,3-5,12,20H2,1-2H3. The maximum atomic E-state index is 6.21. The summed E-state index contributed by atoms with van der Waals surface area (Å²) in [5.74, 6) is 0.923. The topological polar surface area (TPSA) is 35.2 Å². The first-order valence-electron chi connectivity index (χ1n) is 7.71. The van der Waals surface area contributed by atoms with Crippen molar-refractivity contribution in [1.29, 1.82) is 0 Å². The summed E-state index contributed by atoms with van der Waals surface area (Å²) in [6.45, 7) is 4.85. The van der Waals surface area contributed by atoms with Crippen molar-refractivity contribution < 1.29 is 4.74 Å². The van der Waals surface area contributed by atoms with Gasteiger partial charge in [0, 0.05) is 6.04 Å². The van der Waals surface area contributed by atoms with E-state index < -0.39 is 0 Å². The smallest absolute Gasteiger partial charge is 0.120 e. The fraction of sp³-hybridized carbons (Fsp3) is 0.368. The van der Waals surface area contributed by atoms with Gasteiger partial charge in [0.1, 0.15) is 12.4 Å². The summed E-state index contributed by atoms with van der Waals surface area (Å²) in [7, 11) is 0. The number of hydrogen-bond donors (Lipinski definition) is 1. The van der Waals surface area contributed by atoms with Crippen molar-refractivity contribution in [2.24, 2.45) is 5.73 Å². The second-order valence-electron chi connectivity index (χ2n) is 6.08. The predicted molar refractivity (Wildman–Crippen MR) is 86.6 cm³/mol. The van der Waals surface area contributed by atoms with E-state index in [1.54, 1.807) is 0 Å². The third kappa shape index (κ3) is 3.11. The van der Waals surface area contributed by atoms with E-state index in [2.05, 4.69) is 50.2 Å². The molecule has 1 unspecified atom stereocenters. The number of aryl methyl sites for hydroxylation is 3. The molecule has 2 aromatic carbocycles. The Bertz CT molecular complexity index is 648. The molecule has 0 bridgehead atoms. The summed E-state index contributed by atoms with van der Waals surface area (Å²) < 4.78 is 5.99. The number of rotatable bonds is 3. The molecule has 0 amide bonds. The molecule has 21 heavy (non-hydrogen) atoms. The first-order chi connectivity index (χ1) is 10.1. The average molecular weight is 281 g/mol. The van der Waals surface area contributed by atoms with E-state index in [9.17, 15) is 0 Å². The Kier molecular flexibility index (Phi) is 3.98. The normalized spacial score (nSPS) is 17.4. The molecule has 2 aromatic rings. The van der Waals surface area contributed by atoms with Crippen molar-refractivity contribution in [2.75, 3.05) is 0 Å². The first kappa shape index (κ1) is 14.2. The minimum absolute atomic E-state index is 0.165. The van der Waals surface area contributed by atoms with Gasteiger partial charge < -0.3 is 10.5 Å². The van der Waals surface area contributed by atoms with Gasteiger partial charge in [0.15, 0.2) is 0 Å². The van der Waals surface area contributed by atoms with Gasteiger partial charge in [0.05, 0.1) is 0 Å². The summed E-state index contributed by atoms with van der Waals surface area (Å²) >= 11 is 0. The second-order valence-corrected chi connectivity index (χ2v) is 6.08. The molecule has 3 rings (SSSR count). The van der Waals surface area contributed by atoms with Gasteiger partial charge in [0.25, 0.3) is 0 Å². The molecule has 2 N–H and O–H groups in total. The van der Waals surface area contributed by atoms with Crippen molar-refractivity contribution >= 4 is 0 Å². The fourth-order valence-corrected chi connectivity index (χ4v) is 3.02. The van der Waals surface area contributed by atoms with Gasteiger partial charge in [-0.3, -0.25) is 0 Å². The Morgan fingerprint density at radius 1 is 1.14 bits per heavy atom. The Morgan fingerprint density at radius 3 is 2.86 bits per heavy atom. The number of benzene rings is 2. The molecule has 0 heterocycles. The van der Waals surface area contributed by atoms with E-state index in [0.717, 1.165) is 18.6 Å². The van der Waals surface area contributed by atoms with E-state index >= 15 is 0 Å². The fourth-order valence-electron chi connectivity index (χ4n) is 3.02. The van der Waals surface area contributed by atoms with Crippen LogP contribution in [-0.2, 0) is 13.0 Å². The number of ether oxygens (including phenoxy) is 1. The van der Waals surface area contributed by atoms with E-state index in [4.69, 9.17) is 10.5 Å². The van der Waals surface area contributed by atoms with Crippen molar-refractivity contribution in [3.63, 3.8) is 0 Å². The van der Waals surface area contributed by atoms with Gasteiger partial charge in [0.2, 0.25) is 0 Å². The third-order valence-electron chi connectivity index (χ3n) is 4.38. The molecule has 2 nitrogen and oxygen atoms in total. The van der Waals surface area contributed by atoms with Crippen molar-refractivity contribution in [1.82, 2.24) is 0 Å². The van der Waals surface area contributed by atoms with Crippen molar-refractivity contribution in [2.45, 2.75) is 45.8 Å². The SMILES string of the molecule is Cc1ccc(C)c(COc2ccc3c(c2)C(N)CCC3)c1. The lowest BCUT2D eigenvalue weighted by Gasteiger charge is -2.23. The Balaban J connectivity index is 1.76. The van der Waals surface area contributed by atoms with Crippen LogP contribution >= 0.6 is 0 Å².